The molecule has 0 saturated heterocycles. The summed E-state index contributed by atoms with van der Waals surface area (Å²) in [5, 5.41) is 8.40. The zero-order valence-corrected chi connectivity index (χ0v) is 7.04. The van der Waals surface area contributed by atoms with E-state index in [2.05, 4.69) is 17.6 Å². The summed E-state index contributed by atoms with van der Waals surface area (Å²) in [5.74, 6) is 0. The molecule has 1 rings (SSSR count). The number of hydrogen-bond acceptors (Lipinski definition) is 2. The van der Waals surface area contributed by atoms with Gasteiger partial charge in [0, 0.05) is 6.20 Å². The Bertz CT molecular complexity index is 317. The van der Waals surface area contributed by atoms with Gasteiger partial charge >= 0.3 is 0 Å². The molecule has 0 bridgehead atoms. The predicted octanol–water partition coefficient (Wildman–Crippen LogP) is 2.18. The van der Waals surface area contributed by atoms with Gasteiger partial charge in [0.15, 0.2) is 0 Å². The number of rotatable bonds is 2. The minimum atomic E-state index is 0.420. The van der Waals surface area contributed by atoms with Crippen LogP contribution in [-0.4, -0.2) is 4.98 Å². The van der Waals surface area contributed by atoms with Gasteiger partial charge in [0.1, 0.15) is 0 Å². The smallest absolute Gasteiger partial charge is 0.0670 e. The number of aromatic nitrogens is 1. The van der Waals surface area contributed by atoms with Crippen LogP contribution in [-0.2, 0) is 6.42 Å². The maximum absolute atomic E-state index is 8.40. The first-order valence-electron chi connectivity index (χ1n) is 3.72. The average Bonchev–Trinajstić information content (AvgIpc) is 2.06. The maximum atomic E-state index is 8.40. The Morgan fingerprint density at radius 2 is 2.42 bits per heavy atom. The van der Waals surface area contributed by atoms with Crippen molar-refractivity contribution < 1.29 is 0 Å². The van der Waals surface area contributed by atoms with Crippen molar-refractivity contribution in [3.8, 4) is 6.07 Å². The van der Waals surface area contributed by atoms with Crippen molar-refractivity contribution >= 4 is 5.57 Å². The largest absolute Gasteiger partial charge is 0.256 e. The number of allylic oxidation sites excluding steroid dienone is 1. The van der Waals surface area contributed by atoms with Gasteiger partial charge in [-0.15, -0.1) is 0 Å². The highest BCUT2D eigenvalue weighted by atomic mass is 14.7. The molecule has 0 atom stereocenters. The van der Waals surface area contributed by atoms with Crippen LogP contribution < -0.4 is 0 Å². The van der Waals surface area contributed by atoms with Crippen LogP contribution in [0.3, 0.4) is 0 Å². The van der Waals surface area contributed by atoms with Gasteiger partial charge < -0.3 is 0 Å². The van der Waals surface area contributed by atoms with Crippen molar-refractivity contribution in [3.63, 3.8) is 0 Å². The van der Waals surface area contributed by atoms with Crippen LogP contribution >= 0.6 is 0 Å². The summed E-state index contributed by atoms with van der Waals surface area (Å²) < 4.78 is 0. The fourth-order valence-corrected chi connectivity index (χ4v) is 0.873. The molecule has 1 aromatic heterocycles. The Balaban J connectivity index is 2.87. The fourth-order valence-electron chi connectivity index (χ4n) is 0.873. The predicted molar refractivity (Wildman–Crippen MR) is 48.3 cm³/mol. The molecule has 2 nitrogen and oxygen atoms in total. The average molecular weight is 158 g/mol. The first kappa shape index (κ1) is 8.48. The zero-order valence-electron chi connectivity index (χ0n) is 7.04. The van der Waals surface area contributed by atoms with Gasteiger partial charge in [-0.1, -0.05) is 12.6 Å². The van der Waals surface area contributed by atoms with Crippen molar-refractivity contribution in [2.45, 2.75) is 13.3 Å². The van der Waals surface area contributed by atoms with E-state index in [-0.39, 0.29) is 0 Å². The van der Waals surface area contributed by atoms with E-state index in [9.17, 15) is 0 Å². The van der Waals surface area contributed by atoms with Gasteiger partial charge in [-0.25, -0.2) is 0 Å². The van der Waals surface area contributed by atoms with Crippen molar-refractivity contribution in [1.82, 2.24) is 4.98 Å². The van der Waals surface area contributed by atoms with Crippen molar-refractivity contribution in [2.24, 2.45) is 0 Å². The molecular weight excluding hydrogens is 148 g/mol. The second-order valence-electron chi connectivity index (χ2n) is 2.67. The summed E-state index contributed by atoms with van der Waals surface area (Å²) in [6.45, 7) is 5.68. The van der Waals surface area contributed by atoms with Gasteiger partial charge in [-0.05, 0) is 24.1 Å². The van der Waals surface area contributed by atoms with E-state index in [0.29, 0.717) is 6.42 Å². The SMILES string of the molecule is C=C(C)c1ccc(CC#N)cn1. The molecular formula is C10H10N2. The molecule has 0 saturated carbocycles. The minimum Gasteiger partial charge on any atom is -0.256 e. The lowest BCUT2D eigenvalue weighted by Crippen LogP contribution is -1.87. The van der Waals surface area contributed by atoms with Crippen LogP contribution in [0.5, 0.6) is 0 Å². The van der Waals surface area contributed by atoms with Crippen LogP contribution in [0, 0.1) is 11.3 Å². The highest BCUT2D eigenvalue weighted by Gasteiger charge is 1.95. The molecule has 0 amide bonds. The molecule has 0 fully saturated rings. The summed E-state index contributed by atoms with van der Waals surface area (Å²) in [6.07, 6.45) is 2.14. The molecule has 0 aromatic carbocycles. The molecule has 1 aromatic rings. The minimum absolute atomic E-state index is 0.420. The molecule has 0 unspecified atom stereocenters. The third kappa shape index (κ3) is 1.93. The van der Waals surface area contributed by atoms with E-state index in [0.717, 1.165) is 16.8 Å². The quantitative estimate of drug-likeness (QED) is 0.661. The van der Waals surface area contributed by atoms with E-state index in [1.807, 2.05) is 19.1 Å². The first-order chi connectivity index (χ1) is 5.74. The van der Waals surface area contributed by atoms with Crippen LogP contribution in [0.25, 0.3) is 5.57 Å². The van der Waals surface area contributed by atoms with Gasteiger partial charge in [-0.2, -0.15) is 5.26 Å². The topological polar surface area (TPSA) is 36.7 Å². The summed E-state index contributed by atoms with van der Waals surface area (Å²) in [4.78, 5) is 4.15. The fraction of sp³-hybridized carbons (Fsp3) is 0.200. The number of hydrogen-bond donors (Lipinski definition) is 0. The first-order valence-corrected chi connectivity index (χ1v) is 3.72. The van der Waals surface area contributed by atoms with Crippen LogP contribution in [0.4, 0.5) is 0 Å². The third-order valence-corrected chi connectivity index (χ3v) is 1.55. The standard InChI is InChI=1S/C10H10N2/c1-8(2)10-4-3-9(5-6-11)7-12-10/h3-4,7H,1,5H2,2H3. The molecule has 0 aliphatic heterocycles. The van der Waals surface area contributed by atoms with Crippen molar-refractivity contribution in [3.05, 3.63) is 36.2 Å². The Kier molecular flexibility index (Phi) is 2.60. The Hall–Kier alpha value is -1.62. The van der Waals surface area contributed by atoms with Crippen LogP contribution in [0.15, 0.2) is 24.9 Å². The lowest BCUT2D eigenvalue weighted by Gasteiger charge is -1.98. The van der Waals surface area contributed by atoms with E-state index >= 15 is 0 Å². The summed E-state index contributed by atoms with van der Waals surface area (Å²) in [6, 6.07) is 5.86. The van der Waals surface area contributed by atoms with Gasteiger partial charge in [0.05, 0.1) is 18.2 Å². The maximum Gasteiger partial charge on any atom is 0.0670 e. The summed E-state index contributed by atoms with van der Waals surface area (Å²) in [7, 11) is 0. The molecule has 60 valence electrons. The van der Waals surface area contributed by atoms with Gasteiger partial charge in [0.2, 0.25) is 0 Å². The zero-order chi connectivity index (χ0) is 8.97. The third-order valence-electron chi connectivity index (χ3n) is 1.55. The number of nitrogens with zero attached hydrogens (tertiary/aromatic N) is 2. The van der Waals surface area contributed by atoms with E-state index in [4.69, 9.17) is 5.26 Å². The van der Waals surface area contributed by atoms with Crippen molar-refractivity contribution in [1.29, 1.82) is 5.26 Å². The molecule has 0 N–H and O–H groups in total. The Morgan fingerprint density at radius 3 is 2.83 bits per heavy atom. The molecule has 0 radical (unpaired) electrons. The molecule has 0 aliphatic rings. The highest BCUT2D eigenvalue weighted by Crippen LogP contribution is 2.08. The molecule has 12 heavy (non-hydrogen) atoms. The van der Waals surface area contributed by atoms with Crippen LogP contribution in [0.1, 0.15) is 18.2 Å². The van der Waals surface area contributed by atoms with Gasteiger partial charge in [-0.3, -0.25) is 4.98 Å². The number of nitriles is 1. The highest BCUT2D eigenvalue weighted by molar-refractivity contribution is 5.57. The summed E-state index contributed by atoms with van der Waals surface area (Å²) in [5.41, 5.74) is 2.78. The monoisotopic (exact) mass is 158 g/mol. The molecule has 1 heterocycles. The molecule has 0 spiro atoms. The second-order valence-corrected chi connectivity index (χ2v) is 2.67. The van der Waals surface area contributed by atoms with E-state index in [1.54, 1.807) is 6.20 Å². The molecule has 2 heteroatoms. The Labute approximate surface area is 72.2 Å². The van der Waals surface area contributed by atoms with E-state index < -0.39 is 0 Å². The Morgan fingerprint density at radius 1 is 1.67 bits per heavy atom. The van der Waals surface area contributed by atoms with Crippen molar-refractivity contribution in [2.75, 3.05) is 0 Å². The van der Waals surface area contributed by atoms with Gasteiger partial charge in [0.25, 0.3) is 0 Å². The second kappa shape index (κ2) is 3.68. The lowest BCUT2D eigenvalue weighted by molar-refractivity contribution is 1.17. The van der Waals surface area contributed by atoms with Crippen LogP contribution in [0.2, 0.25) is 0 Å². The number of pyridine rings is 1. The lowest BCUT2D eigenvalue weighted by atomic mass is 10.1. The normalized spacial score (nSPS) is 9.00. The molecule has 0 aliphatic carbocycles. The van der Waals surface area contributed by atoms with E-state index in [1.165, 1.54) is 0 Å². The summed E-state index contributed by atoms with van der Waals surface area (Å²) >= 11 is 0.